The van der Waals surface area contributed by atoms with Crippen molar-refractivity contribution >= 4 is 23.5 Å². The van der Waals surface area contributed by atoms with Gasteiger partial charge in [0, 0.05) is 5.69 Å². The number of amides is 2. The second-order valence-electron chi connectivity index (χ2n) is 7.34. The molecule has 0 heterocycles. The Morgan fingerprint density at radius 2 is 1.79 bits per heavy atom. The fourth-order valence-electron chi connectivity index (χ4n) is 3.68. The third-order valence-electron chi connectivity index (χ3n) is 5.25. The van der Waals surface area contributed by atoms with Gasteiger partial charge in [0.15, 0.2) is 0 Å². The highest BCUT2D eigenvalue weighted by atomic mass is 16.4. The van der Waals surface area contributed by atoms with Crippen molar-refractivity contribution in [2.75, 3.05) is 11.9 Å². The highest BCUT2D eigenvalue weighted by Gasteiger charge is 2.38. The first-order valence-electron chi connectivity index (χ1n) is 9.36. The monoisotopic (exact) mass is 380 g/mol. The highest BCUT2D eigenvalue weighted by molar-refractivity contribution is 5.99. The molecule has 146 valence electrons. The number of carbonyl (C=O) groups is 3. The molecule has 0 fully saturated rings. The van der Waals surface area contributed by atoms with Crippen molar-refractivity contribution < 1.29 is 19.5 Å². The molecule has 0 saturated heterocycles. The van der Waals surface area contributed by atoms with Crippen LogP contribution in [0.5, 0.6) is 0 Å². The summed E-state index contributed by atoms with van der Waals surface area (Å²) >= 11 is 0. The first-order valence-corrected chi connectivity index (χ1v) is 9.36. The molecule has 0 aromatic heterocycles. The van der Waals surface area contributed by atoms with Crippen LogP contribution in [0, 0.1) is 0 Å². The molecule has 2 amide bonds. The molecule has 2 aromatic rings. The molecule has 28 heavy (non-hydrogen) atoms. The Bertz CT molecular complexity index is 892. The summed E-state index contributed by atoms with van der Waals surface area (Å²) in [5.74, 6) is -1.47. The van der Waals surface area contributed by atoms with E-state index < -0.39 is 17.9 Å². The smallest absolute Gasteiger partial charge is 0.322 e. The molecular formula is C22H24N2O4. The fraction of sp³-hybridized carbons (Fsp3) is 0.318. The topological polar surface area (TPSA) is 95.5 Å². The Kier molecular flexibility index (Phi) is 5.78. The lowest BCUT2D eigenvalue weighted by Gasteiger charge is -2.34. The summed E-state index contributed by atoms with van der Waals surface area (Å²) in [5.41, 5.74) is 3.17. The number of aliphatic carboxylic acids is 1. The van der Waals surface area contributed by atoms with Crippen LogP contribution in [-0.2, 0) is 32.6 Å². The van der Waals surface area contributed by atoms with Gasteiger partial charge < -0.3 is 15.7 Å². The van der Waals surface area contributed by atoms with Crippen LogP contribution in [0.25, 0.3) is 0 Å². The van der Waals surface area contributed by atoms with E-state index in [1.807, 2.05) is 25.1 Å². The molecule has 0 bridgehead atoms. The van der Waals surface area contributed by atoms with Gasteiger partial charge in [-0.25, -0.2) is 0 Å². The molecule has 6 heteroatoms. The lowest BCUT2D eigenvalue weighted by molar-refractivity contribution is -0.137. The zero-order valence-electron chi connectivity index (χ0n) is 15.8. The highest BCUT2D eigenvalue weighted by Crippen LogP contribution is 2.38. The second kappa shape index (κ2) is 8.25. The molecule has 2 aromatic carbocycles. The van der Waals surface area contributed by atoms with Gasteiger partial charge in [-0.2, -0.15) is 0 Å². The van der Waals surface area contributed by atoms with E-state index in [0.717, 1.165) is 30.4 Å². The number of rotatable bonds is 6. The van der Waals surface area contributed by atoms with Gasteiger partial charge in [-0.1, -0.05) is 36.4 Å². The van der Waals surface area contributed by atoms with Crippen LogP contribution in [0.4, 0.5) is 5.69 Å². The van der Waals surface area contributed by atoms with Crippen LogP contribution in [0.2, 0.25) is 0 Å². The second-order valence-corrected chi connectivity index (χ2v) is 7.34. The number of nitrogens with one attached hydrogen (secondary N) is 2. The molecule has 0 aliphatic heterocycles. The number of fused-ring (bicyclic) bond motifs is 1. The van der Waals surface area contributed by atoms with Crippen molar-refractivity contribution in [1.29, 1.82) is 0 Å². The average Bonchev–Trinajstić information content (AvgIpc) is 2.68. The van der Waals surface area contributed by atoms with Gasteiger partial charge in [0.05, 0.1) is 11.8 Å². The number of carboxylic acid groups (broad SMARTS) is 1. The number of hydrogen-bond donors (Lipinski definition) is 3. The number of carbonyl (C=O) groups excluding carboxylic acids is 2. The van der Waals surface area contributed by atoms with Crippen LogP contribution >= 0.6 is 0 Å². The first-order chi connectivity index (χ1) is 13.4. The summed E-state index contributed by atoms with van der Waals surface area (Å²) < 4.78 is 0. The van der Waals surface area contributed by atoms with E-state index in [1.54, 1.807) is 24.3 Å². The molecule has 3 N–H and O–H groups in total. The van der Waals surface area contributed by atoms with Gasteiger partial charge in [0.1, 0.15) is 6.54 Å². The van der Waals surface area contributed by atoms with Gasteiger partial charge in [0.25, 0.3) is 0 Å². The van der Waals surface area contributed by atoms with E-state index in [-0.39, 0.29) is 18.2 Å². The SMILES string of the molecule is CC1(C(=O)Nc2ccc(CC(=O)NCC(=O)O)cc2)CCCc2ccccc21. The summed E-state index contributed by atoms with van der Waals surface area (Å²) in [5, 5.41) is 13.9. The quantitative estimate of drug-likeness (QED) is 0.718. The number of aryl methyl sites for hydroxylation is 1. The summed E-state index contributed by atoms with van der Waals surface area (Å²) in [6, 6.07) is 15.1. The lowest BCUT2D eigenvalue weighted by Crippen LogP contribution is -2.40. The number of carboxylic acids is 1. The zero-order chi connectivity index (χ0) is 20.1. The lowest BCUT2D eigenvalue weighted by atomic mass is 9.70. The van der Waals surface area contributed by atoms with E-state index in [9.17, 15) is 14.4 Å². The number of hydrogen-bond acceptors (Lipinski definition) is 3. The van der Waals surface area contributed by atoms with Gasteiger partial charge >= 0.3 is 5.97 Å². The van der Waals surface area contributed by atoms with E-state index in [2.05, 4.69) is 16.7 Å². The van der Waals surface area contributed by atoms with Gasteiger partial charge in [-0.3, -0.25) is 14.4 Å². The van der Waals surface area contributed by atoms with Crippen LogP contribution in [0.1, 0.15) is 36.5 Å². The summed E-state index contributed by atoms with van der Waals surface area (Å²) in [7, 11) is 0. The van der Waals surface area contributed by atoms with E-state index in [0.29, 0.717) is 5.69 Å². The third kappa shape index (κ3) is 4.39. The molecule has 0 saturated carbocycles. The zero-order valence-corrected chi connectivity index (χ0v) is 15.8. The Morgan fingerprint density at radius 3 is 2.50 bits per heavy atom. The van der Waals surface area contributed by atoms with E-state index in [4.69, 9.17) is 5.11 Å². The normalized spacial score (nSPS) is 18.0. The number of anilines is 1. The predicted molar refractivity (Wildman–Crippen MR) is 106 cm³/mol. The van der Waals surface area contributed by atoms with Crippen LogP contribution in [-0.4, -0.2) is 29.4 Å². The largest absolute Gasteiger partial charge is 0.480 e. The van der Waals surface area contributed by atoms with Crippen molar-refractivity contribution in [2.24, 2.45) is 0 Å². The Morgan fingerprint density at radius 1 is 1.07 bits per heavy atom. The maximum absolute atomic E-state index is 13.0. The fourth-order valence-corrected chi connectivity index (χ4v) is 3.68. The molecule has 1 aliphatic rings. The number of benzene rings is 2. The van der Waals surface area contributed by atoms with Crippen LogP contribution < -0.4 is 10.6 Å². The molecule has 1 unspecified atom stereocenters. The van der Waals surface area contributed by atoms with Gasteiger partial charge in [0.2, 0.25) is 11.8 Å². The average molecular weight is 380 g/mol. The molecule has 0 spiro atoms. The van der Waals surface area contributed by atoms with Crippen molar-refractivity contribution in [3.05, 3.63) is 65.2 Å². The third-order valence-corrected chi connectivity index (χ3v) is 5.25. The van der Waals surface area contributed by atoms with Crippen molar-refractivity contribution in [3.63, 3.8) is 0 Å². The maximum Gasteiger partial charge on any atom is 0.322 e. The Hall–Kier alpha value is -3.15. The van der Waals surface area contributed by atoms with Crippen molar-refractivity contribution in [2.45, 2.75) is 38.0 Å². The minimum absolute atomic E-state index is 0.0356. The maximum atomic E-state index is 13.0. The Balaban J connectivity index is 1.65. The Labute approximate surface area is 164 Å². The summed E-state index contributed by atoms with van der Waals surface area (Å²) in [4.78, 5) is 35.2. The van der Waals surface area contributed by atoms with E-state index in [1.165, 1.54) is 5.56 Å². The van der Waals surface area contributed by atoms with Crippen LogP contribution in [0.3, 0.4) is 0 Å². The molecule has 1 atom stereocenters. The minimum Gasteiger partial charge on any atom is -0.480 e. The standard InChI is InChI=1S/C22H24N2O4/c1-22(12-4-6-16-5-2-3-7-18(16)22)21(28)24-17-10-8-15(9-11-17)13-19(25)23-14-20(26)27/h2-3,5,7-11H,4,6,12-14H2,1H3,(H,23,25)(H,24,28)(H,26,27). The molecule has 3 rings (SSSR count). The van der Waals surface area contributed by atoms with Gasteiger partial charge in [-0.05, 0) is 55.0 Å². The summed E-state index contributed by atoms with van der Waals surface area (Å²) in [6.45, 7) is 1.59. The first kappa shape index (κ1) is 19.6. The van der Waals surface area contributed by atoms with E-state index >= 15 is 0 Å². The molecule has 6 nitrogen and oxygen atoms in total. The minimum atomic E-state index is -1.08. The van der Waals surface area contributed by atoms with Crippen molar-refractivity contribution in [3.8, 4) is 0 Å². The molecule has 1 aliphatic carbocycles. The molecule has 0 radical (unpaired) electrons. The molecular weight excluding hydrogens is 356 g/mol. The summed E-state index contributed by atoms with van der Waals surface area (Å²) in [6.07, 6.45) is 2.87. The predicted octanol–water partition coefficient (Wildman–Crippen LogP) is 2.66. The van der Waals surface area contributed by atoms with Crippen molar-refractivity contribution in [1.82, 2.24) is 5.32 Å². The van der Waals surface area contributed by atoms with Gasteiger partial charge in [-0.15, -0.1) is 0 Å². The van der Waals surface area contributed by atoms with Crippen LogP contribution in [0.15, 0.2) is 48.5 Å².